The molecule has 2 aliphatic rings. The molecule has 1 N–H and O–H groups in total. The van der Waals surface area contributed by atoms with Gasteiger partial charge in [0.05, 0.1) is 20.3 Å². The first-order valence-electron chi connectivity index (χ1n) is 8.02. The lowest BCUT2D eigenvalue weighted by Gasteiger charge is -2.31. The lowest BCUT2D eigenvalue weighted by molar-refractivity contribution is -0.143. The van der Waals surface area contributed by atoms with Crippen LogP contribution in [0.4, 0.5) is 4.39 Å². The maximum absolute atomic E-state index is 14.8. The Bertz CT molecular complexity index is 587. The van der Waals surface area contributed by atoms with Crippen molar-refractivity contribution in [3.8, 4) is 11.5 Å². The number of nitrogens with one attached hydrogen (secondary N) is 1. The first kappa shape index (κ1) is 16.1. The summed E-state index contributed by atoms with van der Waals surface area (Å²) >= 11 is 0. The molecule has 1 aromatic rings. The van der Waals surface area contributed by atoms with E-state index in [0.29, 0.717) is 24.6 Å². The molecule has 0 bridgehead atoms. The van der Waals surface area contributed by atoms with Crippen molar-refractivity contribution in [2.24, 2.45) is 0 Å². The Morgan fingerprint density at radius 3 is 2.87 bits per heavy atom. The Kier molecular flexibility index (Phi) is 4.43. The number of hydrogen-bond acceptors (Lipinski definition) is 4. The smallest absolute Gasteiger partial charge is 0.262 e. The average Bonchev–Trinajstić information content (AvgIpc) is 3.23. The fraction of sp³-hybridized carbons (Fsp3) is 0.588. The average molecular weight is 322 g/mol. The van der Waals surface area contributed by atoms with E-state index in [4.69, 9.17) is 9.47 Å². The van der Waals surface area contributed by atoms with Gasteiger partial charge in [0.2, 0.25) is 5.67 Å². The monoisotopic (exact) mass is 322 g/mol. The molecule has 2 aliphatic heterocycles. The van der Waals surface area contributed by atoms with Crippen molar-refractivity contribution >= 4 is 5.91 Å². The highest BCUT2D eigenvalue weighted by Crippen LogP contribution is 2.40. The van der Waals surface area contributed by atoms with Gasteiger partial charge in [-0.2, -0.15) is 0 Å². The van der Waals surface area contributed by atoms with E-state index in [1.165, 1.54) is 0 Å². The Balaban J connectivity index is 1.88. The van der Waals surface area contributed by atoms with E-state index in [1.54, 1.807) is 25.2 Å². The third-order valence-corrected chi connectivity index (χ3v) is 4.80. The predicted molar refractivity (Wildman–Crippen MR) is 84.6 cm³/mol. The highest BCUT2D eigenvalue weighted by molar-refractivity contribution is 5.86. The first-order chi connectivity index (χ1) is 11.1. The van der Waals surface area contributed by atoms with Gasteiger partial charge in [-0.05, 0) is 31.5 Å². The van der Waals surface area contributed by atoms with Crippen LogP contribution in [0, 0.1) is 0 Å². The van der Waals surface area contributed by atoms with Crippen LogP contribution in [0.1, 0.15) is 30.9 Å². The van der Waals surface area contributed by atoms with Gasteiger partial charge in [-0.25, -0.2) is 4.39 Å². The number of halogens is 1. The second-order valence-electron chi connectivity index (χ2n) is 6.16. The van der Waals surface area contributed by atoms with Gasteiger partial charge in [-0.15, -0.1) is 0 Å². The van der Waals surface area contributed by atoms with E-state index in [-0.39, 0.29) is 19.0 Å². The molecule has 23 heavy (non-hydrogen) atoms. The molecule has 0 unspecified atom stereocenters. The van der Waals surface area contributed by atoms with Gasteiger partial charge < -0.3 is 19.7 Å². The summed E-state index contributed by atoms with van der Waals surface area (Å²) in [5, 5.41) is 2.95. The van der Waals surface area contributed by atoms with Crippen molar-refractivity contribution in [1.82, 2.24) is 10.2 Å². The largest absolute Gasteiger partial charge is 0.497 e. The van der Waals surface area contributed by atoms with Crippen LogP contribution in [0.2, 0.25) is 0 Å². The van der Waals surface area contributed by atoms with E-state index in [2.05, 4.69) is 5.32 Å². The molecular weight excluding hydrogens is 299 g/mol. The number of likely N-dealkylation sites (tertiary alicyclic amines) is 1. The van der Waals surface area contributed by atoms with E-state index >= 15 is 0 Å². The second kappa shape index (κ2) is 6.35. The molecule has 2 heterocycles. The molecule has 0 saturated carbocycles. The fourth-order valence-corrected chi connectivity index (χ4v) is 3.53. The van der Waals surface area contributed by atoms with Crippen LogP contribution in [0.25, 0.3) is 0 Å². The van der Waals surface area contributed by atoms with Crippen molar-refractivity contribution in [3.05, 3.63) is 23.8 Å². The van der Waals surface area contributed by atoms with E-state index in [0.717, 1.165) is 18.4 Å². The number of rotatable bonds is 4. The van der Waals surface area contributed by atoms with Crippen LogP contribution in [0.5, 0.6) is 11.5 Å². The summed E-state index contributed by atoms with van der Waals surface area (Å²) in [4.78, 5) is 14.4. The summed E-state index contributed by atoms with van der Waals surface area (Å²) in [6.07, 6.45) is 1.93. The van der Waals surface area contributed by atoms with E-state index in [9.17, 15) is 9.18 Å². The maximum atomic E-state index is 14.8. The molecule has 6 heteroatoms. The van der Waals surface area contributed by atoms with Crippen LogP contribution in [-0.4, -0.2) is 50.3 Å². The summed E-state index contributed by atoms with van der Waals surface area (Å²) in [5.74, 6) is 0.970. The summed E-state index contributed by atoms with van der Waals surface area (Å²) in [5.41, 5.74) is -0.865. The standard InChI is InChI=1S/C17H23FN2O3/c1-22-12-5-6-13(15(10-12)23-2)14-4-3-9-20(14)16(21)17(18)7-8-19-11-17/h5-6,10,14,19H,3-4,7-9,11H2,1-2H3/t14-,17+/m1/s1. The molecule has 0 aliphatic carbocycles. The van der Waals surface area contributed by atoms with Gasteiger partial charge in [0.1, 0.15) is 11.5 Å². The first-order valence-corrected chi connectivity index (χ1v) is 8.02. The zero-order valence-corrected chi connectivity index (χ0v) is 13.6. The second-order valence-corrected chi connectivity index (χ2v) is 6.16. The lowest BCUT2D eigenvalue weighted by atomic mass is 9.99. The van der Waals surface area contributed by atoms with Crippen molar-refractivity contribution in [1.29, 1.82) is 0 Å². The molecular formula is C17H23FN2O3. The third kappa shape index (κ3) is 2.87. The number of benzene rings is 1. The number of ether oxygens (including phenoxy) is 2. The van der Waals surface area contributed by atoms with Crippen LogP contribution in [0.15, 0.2) is 18.2 Å². The lowest BCUT2D eigenvalue weighted by Crippen LogP contribution is -2.47. The number of methoxy groups -OCH3 is 2. The van der Waals surface area contributed by atoms with Gasteiger partial charge >= 0.3 is 0 Å². The molecule has 1 aromatic carbocycles. The van der Waals surface area contributed by atoms with Gasteiger partial charge in [0.15, 0.2) is 0 Å². The molecule has 0 spiro atoms. The van der Waals surface area contributed by atoms with Gasteiger partial charge in [0.25, 0.3) is 5.91 Å². The number of amides is 1. The Morgan fingerprint density at radius 2 is 2.22 bits per heavy atom. The molecule has 5 nitrogen and oxygen atoms in total. The predicted octanol–water partition coefficient (Wildman–Crippen LogP) is 2.07. The summed E-state index contributed by atoms with van der Waals surface area (Å²) in [7, 11) is 3.19. The Morgan fingerprint density at radius 1 is 1.39 bits per heavy atom. The minimum Gasteiger partial charge on any atom is -0.497 e. The van der Waals surface area contributed by atoms with Gasteiger partial charge in [0, 0.05) is 31.1 Å². The Labute approximate surface area is 135 Å². The molecule has 0 aromatic heterocycles. The SMILES string of the molecule is COc1ccc([C@H]2CCCN2C(=O)[C@]2(F)CCNC2)c(OC)c1. The number of hydrogen-bond donors (Lipinski definition) is 1. The molecule has 3 rings (SSSR count). The Hall–Kier alpha value is -1.82. The minimum absolute atomic E-state index is 0.106. The van der Waals surface area contributed by atoms with Crippen LogP contribution in [-0.2, 0) is 4.79 Å². The zero-order valence-electron chi connectivity index (χ0n) is 13.6. The summed E-state index contributed by atoms with van der Waals surface area (Å²) < 4.78 is 25.5. The van der Waals surface area contributed by atoms with Crippen LogP contribution >= 0.6 is 0 Å². The third-order valence-electron chi connectivity index (χ3n) is 4.80. The fourth-order valence-electron chi connectivity index (χ4n) is 3.53. The van der Waals surface area contributed by atoms with Crippen molar-refractivity contribution < 1.29 is 18.7 Å². The number of alkyl halides is 1. The molecule has 2 fully saturated rings. The van der Waals surface area contributed by atoms with Gasteiger partial charge in [-0.3, -0.25) is 4.79 Å². The van der Waals surface area contributed by atoms with Crippen molar-refractivity contribution in [2.75, 3.05) is 33.9 Å². The van der Waals surface area contributed by atoms with Gasteiger partial charge in [-0.1, -0.05) is 0 Å². The van der Waals surface area contributed by atoms with Crippen LogP contribution in [0.3, 0.4) is 0 Å². The topological polar surface area (TPSA) is 50.8 Å². The molecule has 126 valence electrons. The normalized spacial score (nSPS) is 27.3. The zero-order chi connectivity index (χ0) is 16.4. The van der Waals surface area contributed by atoms with Crippen molar-refractivity contribution in [2.45, 2.75) is 31.0 Å². The quantitative estimate of drug-likeness (QED) is 0.922. The van der Waals surface area contributed by atoms with E-state index in [1.807, 2.05) is 12.1 Å². The molecule has 2 saturated heterocycles. The molecule has 0 radical (unpaired) electrons. The number of carbonyl (C=O) groups is 1. The highest BCUT2D eigenvalue weighted by Gasteiger charge is 2.47. The molecule has 2 atom stereocenters. The van der Waals surface area contributed by atoms with Crippen LogP contribution < -0.4 is 14.8 Å². The molecule has 1 amide bonds. The van der Waals surface area contributed by atoms with E-state index < -0.39 is 11.6 Å². The van der Waals surface area contributed by atoms with Crippen molar-refractivity contribution in [3.63, 3.8) is 0 Å². The maximum Gasteiger partial charge on any atom is 0.262 e. The number of nitrogens with zero attached hydrogens (tertiary/aromatic N) is 1. The summed E-state index contributed by atoms with van der Waals surface area (Å²) in [6, 6.07) is 5.42. The number of carbonyl (C=O) groups excluding carboxylic acids is 1. The highest BCUT2D eigenvalue weighted by atomic mass is 19.1. The minimum atomic E-state index is -1.78. The summed E-state index contributed by atoms with van der Waals surface area (Å²) in [6.45, 7) is 1.24.